The SMILES string of the molecule is Cc1cc(C)cc(OCCc2ccnn2C)c1. The minimum atomic E-state index is 0.683. The molecule has 0 saturated heterocycles. The van der Waals surface area contributed by atoms with Gasteiger partial charge in [-0.15, -0.1) is 0 Å². The molecule has 0 aliphatic rings. The Hall–Kier alpha value is -1.77. The summed E-state index contributed by atoms with van der Waals surface area (Å²) in [6, 6.07) is 8.30. The van der Waals surface area contributed by atoms with Crippen molar-refractivity contribution in [1.29, 1.82) is 0 Å². The van der Waals surface area contributed by atoms with E-state index in [4.69, 9.17) is 4.74 Å². The van der Waals surface area contributed by atoms with Crippen LogP contribution in [-0.4, -0.2) is 16.4 Å². The second-order valence-corrected chi connectivity index (χ2v) is 4.37. The zero-order valence-corrected chi connectivity index (χ0v) is 10.6. The second-order valence-electron chi connectivity index (χ2n) is 4.37. The summed E-state index contributed by atoms with van der Waals surface area (Å²) in [6.45, 7) is 4.85. The third kappa shape index (κ3) is 3.09. The Balaban J connectivity index is 1.92. The highest BCUT2D eigenvalue weighted by atomic mass is 16.5. The van der Waals surface area contributed by atoms with Crippen molar-refractivity contribution in [1.82, 2.24) is 9.78 Å². The summed E-state index contributed by atoms with van der Waals surface area (Å²) in [5.41, 5.74) is 3.66. The summed E-state index contributed by atoms with van der Waals surface area (Å²) in [6.07, 6.45) is 2.69. The van der Waals surface area contributed by atoms with Gasteiger partial charge < -0.3 is 4.74 Å². The molecule has 90 valence electrons. The maximum atomic E-state index is 5.75. The number of nitrogens with zero attached hydrogens (tertiary/aromatic N) is 2. The Morgan fingerprint density at radius 3 is 2.47 bits per heavy atom. The van der Waals surface area contributed by atoms with Crippen molar-refractivity contribution in [3.05, 3.63) is 47.3 Å². The van der Waals surface area contributed by atoms with Crippen molar-refractivity contribution in [3.8, 4) is 5.75 Å². The number of ether oxygens (including phenoxy) is 1. The molecular weight excluding hydrogens is 212 g/mol. The van der Waals surface area contributed by atoms with E-state index in [9.17, 15) is 0 Å². The quantitative estimate of drug-likeness (QED) is 0.807. The van der Waals surface area contributed by atoms with Gasteiger partial charge in [-0.2, -0.15) is 5.10 Å². The first-order valence-electron chi connectivity index (χ1n) is 5.83. The summed E-state index contributed by atoms with van der Waals surface area (Å²) in [4.78, 5) is 0. The fourth-order valence-electron chi connectivity index (χ4n) is 1.94. The average Bonchev–Trinajstić information content (AvgIpc) is 2.63. The first-order chi connectivity index (χ1) is 8.15. The van der Waals surface area contributed by atoms with Crippen LogP contribution in [0.3, 0.4) is 0 Å². The Bertz CT molecular complexity index is 482. The van der Waals surface area contributed by atoms with Crippen LogP contribution in [0.4, 0.5) is 0 Å². The van der Waals surface area contributed by atoms with Crippen LogP contribution in [0.5, 0.6) is 5.75 Å². The maximum Gasteiger partial charge on any atom is 0.119 e. The van der Waals surface area contributed by atoms with Crippen molar-refractivity contribution in [2.75, 3.05) is 6.61 Å². The summed E-state index contributed by atoms with van der Waals surface area (Å²) in [7, 11) is 1.95. The molecular formula is C14H18N2O. The molecule has 1 aromatic carbocycles. The Labute approximate surface area is 102 Å². The molecule has 0 N–H and O–H groups in total. The Kier molecular flexibility index (Phi) is 3.47. The number of hydrogen-bond donors (Lipinski definition) is 0. The van der Waals surface area contributed by atoms with Crippen LogP contribution in [0, 0.1) is 13.8 Å². The maximum absolute atomic E-state index is 5.75. The molecule has 0 bridgehead atoms. The van der Waals surface area contributed by atoms with Crippen LogP contribution in [-0.2, 0) is 13.5 Å². The fraction of sp³-hybridized carbons (Fsp3) is 0.357. The van der Waals surface area contributed by atoms with Gasteiger partial charge in [-0.1, -0.05) is 6.07 Å². The van der Waals surface area contributed by atoms with Crippen LogP contribution in [0.2, 0.25) is 0 Å². The molecule has 0 fully saturated rings. The number of rotatable bonds is 4. The van der Waals surface area contributed by atoms with Gasteiger partial charge in [-0.25, -0.2) is 0 Å². The molecule has 0 amide bonds. The molecule has 3 nitrogen and oxygen atoms in total. The Morgan fingerprint density at radius 1 is 1.18 bits per heavy atom. The minimum Gasteiger partial charge on any atom is -0.493 e. The predicted molar refractivity (Wildman–Crippen MR) is 68.3 cm³/mol. The first kappa shape index (κ1) is 11.7. The Morgan fingerprint density at radius 2 is 1.88 bits per heavy atom. The van der Waals surface area contributed by atoms with Crippen molar-refractivity contribution in [2.45, 2.75) is 20.3 Å². The zero-order chi connectivity index (χ0) is 12.3. The largest absolute Gasteiger partial charge is 0.493 e. The fourth-order valence-corrected chi connectivity index (χ4v) is 1.94. The zero-order valence-electron chi connectivity index (χ0n) is 10.6. The van der Waals surface area contributed by atoms with Gasteiger partial charge in [0.15, 0.2) is 0 Å². The molecule has 1 aromatic heterocycles. The number of aryl methyl sites for hydroxylation is 3. The van der Waals surface area contributed by atoms with Crippen molar-refractivity contribution in [2.24, 2.45) is 7.05 Å². The van der Waals surface area contributed by atoms with Crippen LogP contribution >= 0.6 is 0 Å². The lowest BCUT2D eigenvalue weighted by molar-refractivity contribution is 0.318. The smallest absolute Gasteiger partial charge is 0.119 e. The summed E-state index contributed by atoms with van der Waals surface area (Å²) < 4.78 is 7.63. The van der Waals surface area contributed by atoms with Crippen LogP contribution in [0.25, 0.3) is 0 Å². The molecule has 0 atom stereocenters. The highest BCUT2D eigenvalue weighted by Crippen LogP contribution is 2.16. The molecule has 0 saturated carbocycles. The topological polar surface area (TPSA) is 27.1 Å². The molecule has 2 aromatic rings. The van der Waals surface area contributed by atoms with E-state index in [2.05, 4.69) is 37.1 Å². The molecule has 0 radical (unpaired) electrons. The lowest BCUT2D eigenvalue weighted by Crippen LogP contribution is -2.06. The van der Waals surface area contributed by atoms with E-state index in [0.717, 1.165) is 12.2 Å². The summed E-state index contributed by atoms with van der Waals surface area (Å²) in [5.74, 6) is 0.949. The first-order valence-corrected chi connectivity index (χ1v) is 5.83. The molecule has 1 heterocycles. The van der Waals surface area contributed by atoms with Gasteiger partial charge in [0.1, 0.15) is 5.75 Å². The van der Waals surface area contributed by atoms with Gasteiger partial charge in [-0.05, 0) is 43.2 Å². The number of aromatic nitrogens is 2. The molecule has 0 aliphatic heterocycles. The average molecular weight is 230 g/mol. The highest BCUT2D eigenvalue weighted by molar-refractivity contribution is 5.33. The molecule has 0 unspecified atom stereocenters. The van der Waals surface area contributed by atoms with Gasteiger partial charge in [0, 0.05) is 25.4 Å². The molecule has 0 spiro atoms. The van der Waals surface area contributed by atoms with Gasteiger partial charge in [0.25, 0.3) is 0 Å². The number of hydrogen-bond acceptors (Lipinski definition) is 2. The van der Waals surface area contributed by atoms with E-state index >= 15 is 0 Å². The van der Waals surface area contributed by atoms with Gasteiger partial charge in [0.05, 0.1) is 6.61 Å². The molecule has 3 heteroatoms. The van der Waals surface area contributed by atoms with Crippen LogP contribution in [0.1, 0.15) is 16.8 Å². The van der Waals surface area contributed by atoms with Crippen LogP contribution in [0.15, 0.2) is 30.5 Å². The summed E-state index contributed by atoms with van der Waals surface area (Å²) in [5, 5.41) is 4.13. The van der Waals surface area contributed by atoms with E-state index < -0.39 is 0 Å². The molecule has 0 aliphatic carbocycles. The number of benzene rings is 1. The minimum absolute atomic E-state index is 0.683. The second kappa shape index (κ2) is 5.04. The van der Waals surface area contributed by atoms with E-state index in [0.29, 0.717) is 6.61 Å². The van der Waals surface area contributed by atoms with E-state index in [1.807, 2.05) is 24.0 Å². The molecule has 2 rings (SSSR count). The van der Waals surface area contributed by atoms with E-state index in [-0.39, 0.29) is 0 Å². The van der Waals surface area contributed by atoms with Gasteiger partial charge >= 0.3 is 0 Å². The predicted octanol–water partition coefficient (Wildman–Crippen LogP) is 2.66. The molecule has 17 heavy (non-hydrogen) atoms. The van der Waals surface area contributed by atoms with Crippen LogP contribution < -0.4 is 4.74 Å². The lowest BCUT2D eigenvalue weighted by atomic mass is 10.1. The third-order valence-corrected chi connectivity index (χ3v) is 2.74. The van der Waals surface area contributed by atoms with Crippen molar-refractivity contribution >= 4 is 0 Å². The van der Waals surface area contributed by atoms with E-state index in [1.54, 1.807) is 0 Å². The highest BCUT2D eigenvalue weighted by Gasteiger charge is 2.00. The third-order valence-electron chi connectivity index (χ3n) is 2.74. The lowest BCUT2D eigenvalue weighted by Gasteiger charge is -2.08. The van der Waals surface area contributed by atoms with E-state index in [1.165, 1.54) is 16.8 Å². The normalized spacial score (nSPS) is 10.5. The van der Waals surface area contributed by atoms with Gasteiger partial charge in [0.2, 0.25) is 0 Å². The monoisotopic (exact) mass is 230 g/mol. The summed E-state index contributed by atoms with van der Waals surface area (Å²) >= 11 is 0. The standard InChI is InChI=1S/C14H18N2O/c1-11-8-12(2)10-14(9-11)17-7-5-13-4-6-15-16(13)3/h4,6,8-10H,5,7H2,1-3H3. The van der Waals surface area contributed by atoms with Gasteiger partial charge in [-0.3, -0.25) is 4.68 Å². The van der Waals surface area contributed by atoms with Crippen molar-refractivity contribution < 1.29 is 4.74 Å². The van der Waals surface area contributed by atoms with Crippen molar-refractivity contribution in [3.63, 3.8) is 0 Å².